The molecule has 7 heteroatoms. The Morgan fingerprint density at radius 2 is 1.76 bits per heavy atom. The van der Waals surface area contributed by atoms with Gasteiger partial charge in [-0.1, -0.05) is 29.3 Å². The molecule has 1 heterocycles. The normalized spacial score (nSPS) is 10.7. The Morgan fingerprint density at radius 1 is 1.03 bits per heavy atom. The van der Waals surface area contributed by atoms with Gasteiger partial charge in [0.25, 0.3) is 5.91 Å². The lowest BCUT2D eigenvalue weighted by atomic mass is 10.1. The van der Waals surface area contributed by atoms with Crippen LogP contribution in [0.1, 0.15) is 15.9 Å². The number of hydrogen-bond donors (Lipinski definition) is 2. The van der Waals surface area contributed by atoms with Crippen LogP contribution in [-0.4, -0.2) is 16.0 Å². The summed E-state index contributed by atoms with van der Waals surface area (Å²) in [5, 5.41) is 6.53. The summed E-state index contributed by atoms with van der Waals surface area (Å²) in [5.74, 6) is 0.235. The lowest BCUT2D eigenvalue weighted by molar-refractivity contribution is 0.0977. The Morgan fingerprint density at radius 3 is 2.48 bits per heavy atom. The van der Waals surface area contributed by atoms with Crippen molar-refractivity contribution in [1.82, 2.24) is 10.3 Å². The van der Waals surface area contributed by atoms with Gasteiger partial charge in [0.2, 0.25) is 5.89 Å². The first-order chi connectivity index (χ1) is 14.0. The summed E-state index contributed by atoms with van der Waals surface area (Å²) < 4.78 is 5.80. The van der Waals surface area contributed by atoms with Gasteiger partial charge in [0, 0.05) is 21.8 Å². The second kappa shape index (κ2) is 8.03. The molecule has 0 fully saturated rings. The van der Waals surface area contributed by atoms with E-state index in [1.54, 1.807) is 30.3 Å². The predicted octanol–water partition coefficient (Wildman–Crippen LogP) is 5.58. The molecule has 144 valence electrons. The standard InChI is InChI=1S/C22H16ClN3O2S/c1-13-2-4-14(5-3-13)20(27)26-22(29)24-17-10-11-19-18(12-17)25-21(28-19)15-6-8-16(23)9-7-15/h2-12H,1H3,(H2,24,26,27,29). The maximum Gasteiger partial charge on any atom is 0.257 e. The second-order valence-corrected chi connectivity index (χ2v) is 7.33. The molecule has 0 bridgehead atoms. The number of thiocarbonyl (C=S) groups is 1. The molecule has 4 rings (SSSR count). The first-order valence-electron chi connectivity index (χ1n) is 8.83. The Labute approximate surface area is 177 Å². The molecule has 4 aromatic rings. The Kier molecular flexibility index (Phi) is 5.29. The lowest BCUT2D eigenvalue weighted by Crippen LogP contribution is -2.34. The minimum atomic E-state index is -0.268. The average molecular weight is 422 g/mol. The largest absolute Gasteiger partial charge is 0.436 e. The number of fused-ring (bicyclic) bond motifs is 1. The van der Waals surface area contributed by atoms with Crippen LogP contribution in [0.25, 0.3) is 22.6 Å². The van der Waals surface area contributed by atoms with E-state index in [1.165, 1.54) is 0 Å². The van der Waals surface area contributed by atoms with Gasteiger partial charge in [0.15, 0.2) is 10.7 Å². The number of benzene rings is 3. The summed E-state index contributed by atoms with van der Waals surface area (Å²) in [6.07, 6.45) is 0. The Hall–Kier alpha value is -3.22. The number of hydrogen-bond acceptors (Lipinski definition) is 4. The molecule has 0 aliphatic heterocycles. The summed E-state index contributed by atoms with van der Waals surface area (Å²) in [7, 11) is 0. The fourth-order valence-electron chi connectivity index (χ4n) is 2.76. The van der Waals surface area contributed by atoms with Crippen molar-refractivity contribution in [1.29, 1.82) is 0 Å². The van der Waals surface area contributed by atoms with Crippen molar-refractivity contribution in [2.45, 2.75) is 6.92 Å². The van der Waals surface area contributed by atoms with Gasteiger partial charge in [-0.3, -0.25) is 10.1 Å². The highest BCUT2D eigenvalue weighted by Crippen LogP contribution is 2.27. The molecular formula is C22H16ClN3O2S. The van der Waals surface area contributed by atoms with Crippen LogP contribution in [0.3, 0.4) is 0 Å². The van der Waals surface area contributed by atoms with Gasteiger partial charge in [0.05, 0.1) is 0 Å². The first-order valence-corrected chi connectivity index (χ1v) is 9.62. The van der Waals surface area contributed by atoms with E-state index in [0.29, 0.717) is 33.3 Å². The van der Waals surface area contributed by atoms with E-state index in [4.69, 9.17) is 28.2 Å². The van der Waals surface area contributed by atoms with Gasteiger partial charge in [-0.15, -0.1) is 0 Å². The molecular weight excluding hydrogens is 406 g/mol. The van der Waals surface area contributed by atoms with Crippen LogP contribution in [0, 0.1) is 6.92 Å². The second-order valence-electron chi connectivity index (χ2n) is 6.48. The topological polar surface area (TPSA) is 67.2 Å². The zero-order valence-corrected chi connectivity index (χ0v) is 17.0. The quantitative estimate of drug-likeness (QED) is 0.422. The van der Waals surface area contributed by atoms with E-state index in [1.807, 2.05) is 43.3 Å². The molecule has 1 amide bonds. The number of anilines is 1. The maximum atomic E-state index is 12.3. The number of carbonyl (C=O) groups excluding carboxylic acids is 1. The number of amides is 1. The number of oxazole rings is 1. The van der Waals surface area contributed by atoms with Crippen molar-refractivity contribution in [2.24, 2.45) is 0 Å². The van der Waals surface area contributed by atoms with Crippen LogP contribution in [0.4, 0.5) is 5.69 Å². The zero-order chi connectivity index (χ0) is 20.4. The fraction of sp³-hybridized carbons (Fsp3) is 0.0455. The van der Waals surface area contributed by atoms with Gasteiger partial charge in [-0.05, 0) is 73.7 Å². The number of nitrogens with zero attached hydrogens (tertiary/aromatic N) is 1. The van der Waals surface area contributed by atoms with Crippen LogP contribution >= 0.6 is 23.8 Å². The zero-order valence-electron chi connectivity index (χ0n) is 15.4. The molecule has 0 aliphatic carbocycles. The van der Waals surface area contributed by atoms with Crippen molar-refractivity contribution < 1.29 is 9.21 Å². The summed E-state index contributed by atoms with van der Waals surface area (Å²) in [6.45, 7) is 1.96. The third kappa shape index (κ3) is 4.45. The van der Waals surface area contributed by atoms with E-state index in [0.717, 1.165) is 11.1 Å². The fourth-order valence-corrected chi connectivity index (χ4v) is 3.10. The minimum Gasteiger partial charge on any atom is -0.436 e. The van der Waals surface area contributed by atoms with Gasteiger partial charge < -0.3 is 9.73 Å². The highest BCUT2D eigenvalue weighted by atomic mass is 35.5. The van der Waals surface area contributed by atoms with Crippen molar-refractivity contribution in [3.8, 4) is 11.5 Å². The smallest absolute Gasteiger partial charge is 0.257 e. The van der Waals surface area contributed by atoms with E-state index in [9.17, 15) is 4.79 Å². The van der Waals surface area contributed by atoms with Crippen LogP contribution in [-0.2, 0) is 0 Å². The Balaban J connectivity index is 1.47. The minimum absolute atomic E-state index is 0.205. The highest BCUT2D eigenvalue weighted by molar-refractivity contribution is 7.80. The molecule has 0 saturated carbocycles. The third-order valence-corrected chi connectivity index (χ3v) is 4.73. The summed E-state index contributed by atoms with van der Waals surface area (Å²) in [6, 6.07) is 20.0. The van der Waals surface area contributed by atoms with E-state index >= 15 is 0 Å². The number of rotatable bonds is 3. The number of aromatic nitrogens is 1. The molecule has 0 saturated heterocycles. The molecule has 1 aromatic heterocycles. The molecule has 0 spiro atoms. The van der Waals surface area contributed by atoms with E-state index in [-0.39, 0.29) is 11.0 Å². The van der Waals surface area contributed by atoms with Crippen LogP contribution in [0.15, 0.2) is 71.1 Å². The highest BCUT2D eigenvalue weighted by Gasteiger charge is 2.11. The van der Waals surface area contributed by atoms with Crippen LogP contribution in [0.5, 0.6) is 0 Å². The average Bonchev–Trinajstić information content (AvgIpc) is 3.12. The van der Waals surface area contributed by atoms with Crippen LogP contribution < -0.4 is 10.6 Å². The van der Waals surface area contributed by atoms with Crippen molar-refractivity contribution in [3.05, 3.63) is 82.9 Å². The van der Waals surface area contributed by atoms with Crippen molar-refractivity contribution >= 4 is 51.6 Å². The maximum absolute atomic E-state index is 12.3. The van der Waals surface area contributed by atoms with Gasteiger partial charge in [-0.25, -0.2) is 4.98 Å². The predicted molar refractivity (Wildman–Crippen MR) is 119 cm³/mol. The number of carbonyl (C=O) groups is 1. The van der Waals surface area contributed by atoms with Crippen molar-refractivity contribution in [3.63, 3.8) is 0 Å². The summed E-state index contributed by atoms with van der Waals surface area (Å²) in [4.78, 5) is 16.8. The van der Waals surface area contributed by atoms with E-state index < -0.39 is 0 Å². The van der Waals surface area contributed by atoms with Gasteiger partial charge >= 0.3 is 0 Å². The number of halogens is 1. The van der Waals surface area contributed by atoms with Crippen LogP contribution in [0.2, 0.25) is 5.02 Å². The molecule has 3 aromatic carbocycles. The van der Waals surface area contributed by atoms with E-state index in [2.05, 4.69) is 15.6 Å². The monoisotopic (exact) mass is 421 g/mol. The lowest BCUT2D eigenvalue weighted by Gasteiger charge is -2.09. The van der Waals surface area contributed by atoms with Crippen molar-refractivity contribution in [2.75, 3.05) is 5.32 Å². The molecule has 5 nitrogen and oxygen atoms in total. The summed E-state index contributed by atoms with van der Waals surface area (Å²) in [5.41, 5.74) is 4.48. The SMILES string of the molecule is Cc1ccc(C(=O)NC(=S)Nc2ccc3oc(-c4ccc(Cl)cc4)nc3c2)cc1. The summed E-state index contributed by atoms with van der Waals surface area (Å²) >= 11 is 11.2. The third-order valence-electron chi connectivity index (χ3n) is 4.28. The molecule has 0 radical (unpaired) electrons. The first kappa shape index (κ1) is 19.1. The Bertz CT molecular complexity index is 1200. The van der Waals surface area contributed by atoms with Gasteiger partial charge in [0.1, 0.15) is 5.52 Å². The van der Waals surface area contributed by atoms with Gasteiger partial charge in [-0.2, -0.15) is 0 Å². The molecule has 0 unspecified atom stereocenters. The number of nitrogens with one attached hydrogen (secondary N) is 2. The molecule has 2 N–H and O–H groups in total. The molecule has 0 atom stereocenters. The molecule has 0 aliphatic rings. The number of aryl methyl sites for hydroxylation is 1. The molecule has 29 heavy (non-hydrogen) atoms.